The number of hydrogen-bond donors (Lipinski definition) is 0. The number of rotatable bonds is 4. The van der Waals surface area contributed by atoms with Crippen LogP contribution in [0.4, 0.5) is 0 Å². The van der Waals surface area contributed by atoms with E-state index < -0.39 is 0 Å². The zero-order chi connectivity index (χ0) is 13.1. The second-order valence-corrected chi connectivity index (χ2v) is 3.75. The van der Waals surface area contributed by atoms with Gasteiger partial charge in [-0.15, -0.1) is 66.6 Å². The van der Waals surface area contributed by atoms with Gasteiger partial charge < -0.3 is 4.74 Å². The minimum absolute atomic E-state index is 0. The second-order valence-electron chi connectivity index (χ2n) is 3.75. The Bertz CT molecular complexity index is 370. The van der Waals surface area contributed by atoms with Crippen LogP contribution in [0.15, 0.2) is 60.7 Å². The fourth-order valence-electron chi connectivity index (χ4n) is 1.50. The first-order valence-corrected chi connectivity index (χ1v) is 6.39. The van der Waals surface area contributed by atoms with Crippen LogP contribution in [-0.4, -0.2) is 13.2 Å². The van der Waals surface area contributed by atoms with E-state index in [-0.39, 0.29) is 50.7 Å². The van der Waals surface area contributed by atoms with E-state index in [1.54, 1.807) is 0 Å². The summed E-state index contributed by atoms with van der Waals surface area (Å²) in [5, 5.41) is 0. The molecule has 21 heavy (non-hydrogen) atoms. The number of halogens is 2. The van der Waals surface area contributed by atoms with Gasteiger partial charge in [0.2, 0.25) is 0 Å². The summed E-state index contributed by atoms with van der Waals surface area (Å²) in [6, 6.07) is 20.7. The SMILES string of the molecule is CCOCC.Cl.Cl.[Hf].c1ccc([CH-]c2ccccc2)cc1. The Morgan fingerprint density at radius 3 is 1.29 bits per heavy atom. The average Bonchev–Trinajstić information content (AvgIpc) is 2.43. The molecule has 0 heterocycles. The molecule has 0 N–H and O–H groups in total. The van der Waals surface area contributed by atoms with Gasteiger partial charge in [-0.3, -0.25) is 0 Å². The van der Waals surface area contributed by atoms with Gasteiger partial charge in [0.05, 0.1) is 0 Å². The van der Waals surface area contributed by atoms with E-state index in [4.69, 9.17) is 4.74 Å². The van der Waals surface area contributed by atoms with Crippen molar-refractivity contribution >= 4 is 24.8 Å². The van der Waals surface area contributed by atoms with E-state index in [2.05, 4.69) is 55.0 Å². The molecule has 2 rings (SSSR count). The van der Waals surface area contributed by atoms with E-state index in [9.17, 15) is 0 Å². The molecular formula is C17H23Cl2HfO-. The van der Waals surface area contributed by atoms with Crippen molar-refractivity contribution in [3.63, 3.8) is 0 Å². The Morgan fingerprint density at radius 2 is 1.05 bits per heavy atom. The van der Waals surface area contributed by atoms with Gasteiger partial charge in [0.15, 0.2) is 0 Å². The Balaban J connectivity index is -0.000000360. The molecule has 0 aromatic heterocycles. The van der Waals surface area contributed by atoms with Crippen molar-refractivity contribution in [3.05, 3.63) is 78.2 Å². The molecule has 0 aliphatic heterocycles. The van der Waals surface area contributed by atoms with Gasteiger partial charge in [-0.25, -0.2) is 0 Å². The minimum atomic E-state index is 0. The maximum Gasteiger partial charge on any atom is 0.0437 e. The molecule has 0 aliphatic carbocycles. The van der Waals surface area contributed by atoms with Crippen LogP contribution in [0.2, 0.25) is 0 Å². The molecule has 0 spiro atoms. The van der Waals surface area contributed by atoms with Crippen LogP contribution >= 0.6 is 24.8 Å². The van der Waals surface area contributed by atoms with Crippen molar-refractivity contribution < 1.29 is 30.6 Å². The van der Waals surface area contributed by atoms with Crippen molar-refractivity contribution in [3.8, 4) is 0 Å². The molecule has 0 aliphatic rings. The van der Waals surface area contributed by atoms with Crippen molar-refractivity contribution in [1.29, 1.82) is 0 Å². The second kappa shape index (κ2) is 17.8. The van der Waals surface area contributed by atoms with Gasteiger partial charge in [0.25, 0.3) is 0 Å². The molecule has 0 atom stereocenters. The molecule has 0 saturated heterocycles. The molecule has 0 unspecified atom stereocenters. The Hall–Kier alpha value is -0.280. The molecule has 0 fully saturated rings. The van der Waals surface area contributed by atoms with E-state index in [1.807, 2.05) is 26.0 Å². The number of benzene rings is 2. The molecule has 4 heteroatoms. The maximum atomic E-state index is 4.83. The maximum absolute atomic E-state index is 4.83. The summed E-state index contributed by atoms with van der Waals surface area (Å²) in [5.41, 5.74) is 2.49. The van der Waals surface area contributed by atoms with E-state index >= 15 is 0 Å². The smallest absolute Gasteiger partial charge is 0.0437 e. The molecule has 0 bridgehead atoms. The molecule has 0 saturated carbocycles. The summed E-state index contributed by atoms with van der Waals surface area (Å²) in [6.45, 7) is 5.67. The first-order chi connectivity index (χ1) is 8.86. The van der Waals surface area contributed by atoms with E-state index in [1.165, 1.54) is 11.1 Å². The van der Waals surface area contributed by atoms with Gasteiger partial charge in [0.1, 0.15) is 0 Å². The standard InChI is InChI=1S/C13H11.C4H10O.2ClH.Hf/c1-3-7-12(8-4-1)11-13-9-5-2-6-10-13;1-3-5-4-2;;;/h1-11H;3-4H2,1-2H3;2*1H;/q-1;;;;. The minimum Gasteiger partial charge on any atom is -0.382 e. The summed E-state index contributed by atoms with van der Waals surface area (Å²) in [5.74, 6) is 0. The Kier molecular flexibility index (Phi) is 21.7. The summed E-state index contributed by atoms with van der Waals surface area (Å²) >= 11 is 0. The predicted octanol–water partition coefficient (Wildman–Crippen LogP) is 5.17. The zero-order valence-electron chi connectivity index (χ0n) is 12.5. The third-order valence-electron chi connectivity index (χ3n) is 2.34. The Labute approximate surface area is 160 Å². The van der Waals surface area contributed by atoms with Crippen molar-refractivity contribution in [1.82, 2.24) is 0 Å². The van der Waals surface area contributed by atoms with E-state index in [0.29, 0.717) is 0 Å². The zero-order valence-corrected chi connectivity index (χ0v) is 17.7. The van der Waals surface area contributed by atoms with Crippen LogP contribution in [-0.2, 0) is 30.6 Å². The Morgan fingerprint density at radius 1 is 0.714 bits per heavy atom. The number of hydrogen-bond acceptors (Lipinski definition) is 1. The van der Waals surface area contributed by atoms with Gasteiger partial charge in [-0.05, 0) is 13.8 Å². The van der Waals surface area contributed by atoms with Crippen LogP contribution in [0.1, 0.15) is 25.0 Å². The third kappa shape index (κ3) is 13.1. The third-order valence-corrected chi connectivity index (χ3v) is 2.34. The van der Waals surface area contributed by atoms with Gasteiger partial charge >= 0.3 is 0 Å². The summed E-state index contributed by atoms with van der Waals surface area (Å²) < 4.78 is 4.83. The summed E-state index contributed by atoms with van der Waals surface area (Å²) in [7, 11) is 0. The first-order valence-electron chi connectivity index (χ1n) is 6.39. The average molecular weight is 493 g/mol. The fourth-order valence-corrected chi connectivity index (χ4v) is 1.50. The molecule has 0 radical (unpaired) electrons. The van der Waals surface area contributed by atoms with Crippen molar-refractivity contribution in [2.75, 3.05) is 13.2 Å². The van der Waals surface area contributed by atoms with Gasteiger partial charge in [-0.2, -0.15) is 0 Å². The quantitative estimate of drug-likeness (QED) is 0.423. The largest absolute Gasteiger partial charge is 0.382 e. The molecule has 1 nitrogen and oxygen atoms in total. The van der Waals surface area contributed by atoms with Crippen molar-refractivity contribution in [2.45, 2.75) is 13.8 Å². The molecule has 2 aromatic rings. The van der Waals surface area contributed by atoms with Crippen LogP contribution in [0.25, 0.3) is 0 Å². The van der Waals surface area contributed by atoms with Crippen LogP contribution in [0.3, 0.4) is 0 Å². The molecule has 2 aromatic carbocycles. The monoisotopic (exact) mass is 493 g/mol. The van der Waals surface area contributed by atoms with Gasteiger partial charge in [-0.1, -0.05) is 36.4 Å². The van der Waals surface area contributed by atoms with Crippen LogP contribution < -0.4 is 0 Å². The van der Waals surface area contributed by atoms with Crippen LogP contribution in [0, 0.1) is 6.42 Å². The summed E-state index contributed by atoms with van der Waals surface area (Å²) in [6.07, 6.45) is 2.17. The fraction of sp³-hybridized carbons (Fsp3) is 0.235. The topological polar surface area (TPSA) is 9.23 Å². The molecule has 0 amide bonds. The molecule has 116 valence electrons. The first kappa shape index (κ1) is 25.7. The van der Waals surface area contributed by atoms with Gasteiger partial charge in [0, 0.05) is 39.1 Å². The molecular weight excluding hydrogens is 470 g/mol. The number of ether oxygens (including phenoxy) is 1. The van der Waals surface area contributed by atoms with E-state index in [0.717, 1.165) is 13.2 Å². The normalized spacial score (nSPS) is 7.90. The van der Waals surface area contributed by atoms with Crippen molar-refractivity contribution in [2.24, 2.45) is 0 Å². The summed E-state index contributed by atoms with van der Waals surface area (Å²) in [4.78, 5) is 0. The van der Waals surface area contributed by atoms with Crippen LogP contribution in [0.5, 0.6) is 0 Å². The predicted molar refractivity (Wildman–Crippen MR) is 92.1 cm³/mol.